The Morgan fingerprint density at radius 2 is 1.79 bits per heavy atom. The van der Waals surface area contributed by atoms with Gasteiger partial charge >= 0.3 is 0 Å². The van der Waals surface area contributed by atoms with E-state index in [2.05, 4.69) is 29.8 Å². The van der Waals surface area contributed by atoms with Crippen LogP contribution >= 0.6 is 0 Å². The van der Waals surface area contributed by atoms with Gasteiger partial charge in [0.2, 0.25) is 0 Å². The average Bonchev–Trinajstić information content (AvgIpc) is 3.18. The van der Waals surface area contributed by atoms with E-state index < -0.39 is 0 Å². The predicted octanol–water partition coefficient (Wildman–Crippen LogP) is 5.58. The molecule has 1 N–H and O–H groups in total. The number of nitrogens with one attached hydrogen (secondary N) is 1. The number of hydrogen-bond donors (Lipinski definition) is 1. The minimum atomic E-state index is -0.366. The lowest BCUT2D eigenvalue weighted by Crippen LogP contribution is -2.24. The zero-order chi connectivity index (χ0) is 23.2. The number of hydrogen-bond acceptors (Lipinski definition) is 3. The number of ether oxygens (including phenoxy) is 1. The van der Waals surface area contributed by atoms with E-state index in [9.17, 15) is 9.18 Å². The summed E-state index contributed by atoms with van der Waals surface area (Å²) in [5.74, 6) is 1.11. The van der Waals surface area contributed by atoms with Gasteiger partial charge in [0, 0.05) is 12.1 Å². The van der Waals surface area contributed by atoms with Crippen molar-refractivity contribution in [2.75, 3.05) is 6.61 Å². The van der Waals surface area contributed by atoms with Crippen LogP contribution in [0.25, 0.3) is 11.0 Å². The summed E-state index contributed by atoms with van der Waals surface area (Å²) in [7, 11) is 0. The Balaban J connectivity index is 1.38. The average molecular weight is 446 g/mol. The molecule has 170 valence electrons. The first kappa shape index (κ1) is 22.5. The highest BCUT2D eigenvalue weighted by atomic mass is 19.1. The molecule has 0 saturated heterocycles. The molecule has 3 aromatic carbocycles. The number of aromatic nitrogens is 2. The number of para-hydroxylation sites is 2. The molecule has 0 radical (unpaired) electrons. The van der Waals surface area contributed by atoms with E-state index in [0.717, 1.165) is 42.0 Å². The van der Waals surface area contributed by atoms with Crippen LogP contribution < -0.4 is 10.1 Å². The molecular weight excluding hydrogens is 417 g/mol. The van der Waals surface area contributed by atoms with Gasteiger partial charge in [0.05, 0.1) is 24.2 Å². The lowest BCUT2D eigenvalue weighted by Gasteiger charge is -2.12. The second kappa shape index (κ2) is 10.3. The van der Waals surface area contributed by atoms with Crippen LogP contribution in [0.4, 0.5) is 4.39 Å². The zero-order valence-corrected chi connectivity index (χ0v) is 19.0. The summed E-state index contributed by atoms with van der Waals surface area (Å²) in [5, 5.41) is 2.90. The molecule has 0 unspecified atom stereocenters. The van der Waals surface area contributed by atoms with Crippen LogP contribution in [0.3, 0.4) is 0 Å². The van der Waals surface area contributed by atoms with Gasteiger partial charge < -0.3 is 14.6 Å². The number of unbranched alkanes of at least 4 members (excludes halogenated alkanes) is 1. The quantitative estimate of drug-likeness (QED) is 0.342. The van der Waals surface area contributed by atoms with Gasteiger partial charge in [-0.1, -0.05) is 24.3 Å². The number of imidazole rings is 1. The summed E-state index contributed by atoms with van der Waals surface area (Å²) in [5.41, 5.74) is 4.76. The van der Waals surface area contributed by atoms with E-state index in [1.807, 2.05) is 36.4 Å². The van der Waals surface area contributed by atoms with Crippen LogP contribution in [0.2, 0.25) is 0 Å². The Bertz CT molecular complexity index is 1250. The lowest BCUT2D eigenvalue weighted by atomic mass is 10.1. The van der Waals surface area contributed by atoms with Crippen molar-refractivity contribution in [3.05, 3.63) is 95.1 Å². The minimum absolute atomic E-state index is 0.254. The molecule has 6 heteroatoms. The van der Waals surface area contributed by atoms with E-state index in [1.165, 1.54) is 35.4 Å². The highest BCUT2D eigenvalue weighted by molar-refractivity contribution is 5.94. The summed E-state index contributed by atoms with van der Waals surface area (Å²) >= 11 is 0. The van der Waals surface area contributed by atoms with E-state index in [4.69, 9.17) is 9.72 Å². The SMILES string of the molecule is Cc1cccc(OCCCCn2c(CNC(=O)c3ccc(F)cc3)nc3ccccc32)c1C. The van der Waals surface area contributed by atoms with Gasteiger partial charge in [-0.05, 0) is 80.3 Å². The highest BCUT2D eigenvalue weighted by Gasteiger charge is 2.12. The smallest absolute Gasteiger partial charge is 0.251 e. The standard InChI is InChI=1S/C27H28FN3O2/c1-19-8-7-11-25(20(19)2)33-17-6-5-16-31-24-10-4-3-9-23(24)30-26(31)18-29-27(32)21-12-14-22(28)15-13-21/h3-4,7-15H,5-6,16-18H2,1-2H3,(H,29,32). The Hall–Kier alpha value is -3.67. The van der Waals surface area contributed by atoms with Crippen molar-refractivity contribution in [1.82, 2.24) is 14.9 Å². The number of rotatable bonds is 9. The van der Waals surface area contributed by atoms with Gasteiger partial charge in [0.25, 0.3) is 5.91 Å². The number of amides is 1. The number of halogens is 1. The fourth-order valence-corrected chi connectivity index (χ4v) is 3.81. The molecule has 0 saturated carbocycles. The third kappa shape index (κ3) is 5.40. The number of nitrogens with zero attached hydrogens (tertiary/aromatic N) is 2. The molecule has 1 amide bonds. The van der Waals surface area contributed by atoms with Crippen LogP contribution in [0.15, 0.2) is 66.7 Å². The number of aryl methyl sites for hydroxylation is 2. The van der Waals surface area contributed by atoms with Crippen LogP contribution in [-0.4, -0.2) is 22.1 Å². The molecule has 0 aliphatic carbocycles. The third-order valence-corrected chi connectivity index (χ3v) is 5.84. The van der Waals surface area contributed by atoms with Crippen molar-refractivity contribution >= 4 is 16.9 Å². The minimum Gasteiger partial charge on any atom is -0.493 e. The fraction of sp³-hybridized carbons (Fsp3) is 0.259. The molecule has 1 heterocycles. The Morgan fingerprint density at radius 1 is 1.00 bits per heavy atom. The lowest BCUT2D eigenvalue weighted by molar-refractivity contribution is 0.0949. The van der Waals surface area contributed by atoms with Crippen molar-refractivity contribution in [2.45, 2.75) is 39.8 Å². The Labute approximate surface area is 193 Å². The molecule has 33 heavy (non-hydrogen) atoms. The maximum absolute atomic E-state index is 13.1. The Kier molecular flexibility index (Phi) is 7.03. The van der Waals surface area contributed by atoms with Crippen LogP contribution in [0, 0.1) is 19.7 Å². The summed E-state index contributed by atoms with van der Waals surface area (Å²) in [6, 6.07) is 19.6. The van der Waals surface area contributed by atoms with E-state index in [0.29, 0.717) is 18.7 Å². The van der Waals surface area contributed by atoms with Crippen LogP contribution in [-0.2, 0) is 13.1 Å². The van der Waals surface area contributed by atoms with Crippen molar-refractivity contribution in [3.63, 3.8) is 0 Å². The molecule has 1 aromatic heterocycles. The first-order valence-electron chi connectivity index (χ1n) is 11.2. The summed E-state index contributed by atoms with van der Waals surface area (Å²) in [6.07, 6.45) is 1.82. The van der Waals surface area contributed by atoms with Gasteiger partial charge in [0.1, 0.15) is 17.4 Å². The summed E-state index contributed by atoms with van der Waals surface area (Å²) in [4.78, 5) is 17.2. The monoisotopic (exact) mass is 445 g/mol. The van der Waals surface area contributed by atoms with Gasteiger partial charge in [-0.15, -0.1) is 0 Å². The van der Waals surface area contributed by atoms with E-state index in [1.54, 1.807) is 0 Å². The number of carbonyl (C=O) groups is 1. The fourth-order valence-electron chi connectivity index (χ4n) is 3.81. The van der Waals surface area contributed by atoms with Gasteiger partial charge in [-0.2, -0.15) is 0 Å². The largest absolute Gasteiger partial charge is 0.493 e. The summed E-state index contributed by atoms with van der Waals surface area (Å²) in [6.45, 7) is 5.88. The first-order valence-corrected chi connectivity index (χ1v) is 11.2. The number of carbonyl (C=O) groups excluding carboxylic acids is 1. The van der Waals surface area contributed by atoms with Crippen LogP contribution in [0.5, 0.6) is 5.75 Å². The van der Waals surface area contributed by atoms with Crippen LogP contribution in [0.1, 0.15) is 40.2 Å². The molecule has 4 rings (SSSR count). The number of benzene rings is 3. The van der Waals surface area contributed by atoms with E-state index in [-0.39, 0.29) is 11.7 Å². The topological polar surface area (TPSA) is 56.1 Å². The molecule has 0 aliphatic heterocycles. The van der Waals surface area contributed by atoms with Gasteiger partial charge in [-0.25, -0.2) is 9.37 Å². The maximum Gasteiger partial charge on any atom is 0.251 e. The molecule has 5 nitrogen and oxygen atoms in total. The molecule has 0 bridgehead atoms. The maximum atomic E-state index is 13.1. The van der Waals surface area contributed by atoms with Crippen molar-refractivity contribution in [2.24, 2.45) is 0 Å². The highest BCUT2D eigenvalue weighted by Crippen LogP contribution is 2.21. The molecule has 0 atom stereocenters. The molecular formula is C27H28FN3O2. The van der Waals surface area contributed by atoms with Crippen molar-refractivity contribution in [1.29, 1.82) is 0 Å². The van der Waals surface area contributed by atoms with Crippen molar-refractivity contribution in [3.8, 4) is 5.75 Å². The van der Waals surface area contributed by atoms with Gasteiger partial charge in [-0.3, -0.25) is 4.79 Å². The first-order chi connectivity index (χ1) is 16.0. The number of fused-ring (bicyclic) bond motifs is 1. The predicted molar refractivity (Wildman–Crippen MR) is 128 cm³/mol. The molecule has 0 aliphatic rings. The third-order valence-electron chi connectivity index (χ3n) is 5.84. The molecule has 0 spiro atoms. The molecule has 0 fully saturated rings. The van der Waals surface area contributed by atoms with Gasteiger partial charge in [0.15, 0.2) is 0 Å². The second-order valence-corrected chi connectivity index (χ2v) is 8.11. The second-order valence-electron chi connectivity index (χ2n) is 8.11. The normalized spacial score (nSPS) is 11.0. The Morgan fingerprint density at radius 3 is 2.61 bits per heavy atom. The summed E-state index contributed by atoms with van der Waals surface area (Å²) < 4.78 is 21.3. The molecule has 4 aromatic rings. The zero-order valence-electron chi connectivity index (χ0n) is 19.0. The van der Waals surface area contributed by atoms with E-state index >= 15 is 0 Å². The van der Waals surface area contributed by atoms with Crippen molar-refractivity contribution < 1.29 is 13.9 Å².